The largest absolute Gasteiger partial charge is 0.392 e. The average molecular weight is 266 g/mol. The van der Waals surface area contributed by atoms with E-state index < -0.39 is 16.1 Å². The van der Waals surface area contributed by atoms with Crippen molar-refractivity contribution < 1.29 is 13.5 Å². The van der Waals surface area contributed by atoms with Gasteiger partial charge >= 0.3 is 0 Å². The van der Waals surface area contributed by atoms with E-state index >= 15 is 0 Å². The maximum atomic E-state index is 12.3. The summed E-state index contributed by atoms with van der Waals surface area (Å²) in [7, 11) is -3.56. The number of rotatable bonds is 2. The first-order chi connectivity index (χ1) is 8.45. The molecule has 96 valence electrons. The zero-order valence-corrected chi connectivity index (χ0v) is 10.8. The van der Waals surface area contributed by atoms with Crippen molar-refractivity contribution in [3.05, 3.63) is 29.3 Å². The summed E-state index contributed by atoms with van der Waals surface area (Å²) >= 11 is 0. The highest BCUT2D eigenvalue weighted by Crippen LogP contribution is 2.22. The van der Waals surface area contributed by atoms with Crippen molar-refractivity contribution in [3.63, 3.8) is 0 Å². The molecule has 5 nitrogen and oxygen atoms in total. The van der Waals surface area contributed by atoms with Crippen LogP contribution in [0.1, 0.15) is 17.5 Å². The highest BCUT2D eigenvalue weighted by atomic mass is 32.2. The molecule has 0 amide bonds. The number of aliphatic hydroxyl groups excluding tert-OH is 1. The van der Waals surface area contributed by atoms with Crippen molar-refractivity contribution in [1.29, 1.82) is 5.26 Å². The Bertz CT molecular complexity index is 604. The molecule has 0 bridgehead atoms. The zero-order chi connectivity index (χ0) is 13.3. The van der Waals surface area contributed by atoms with Crippen LogP contribution in [0.15, 0.2) is 23.1 Å². The summed E-state index contributed by atoms with van der Waals surface area (Å²) in [4.78, 5) is 0.174. The molecule has 1 aromatic carbocycles. The molecule has 0 spiro atoms. The molecule has 0 unspecified atom stereocenters. The van der Waals surface area contributed by atoms with Crippen LogP contribution in [0.25, 0.3) is 0 Å². The Morgan fingerprint density at radius 1 is 1.50 bits per heavy atom. The van der Waals surface area contributed by atoms with Gasteiger partial charge in [0.25, 0.3) is 0 Å². The molecular formula is C12H14N2O3S. The summed E-state index contributed by atoms with van der Waals surface area (Å²) in [5.41, 5.74) is 1.11. The lowest BCUT2D eigenvalue weighted by Gasteiger charge is -2.16. The molecule has 1 aliphatic heterocycles. The third-order valence-corrected chi connectivity index (χ3v) is 4.94. The van der Waals surface area contributed by atoms with Gasteiger partial charge in [0.05, 0.1) is 22.6 Å². The molecule has 0 aliphatic carbocycles. The molecule has 18 heavy (non-hydrogen) atoms. The minimum Gasteiger partial charge on any atom is -0.392 e. The van der Waals surface area contributed by atoms with E-state index in [0.29, 0.717) is 24.1 Å². The van der Waals surface area contributed by atoms with Crippen LogP contribution in [0.4, 0.5) is 0 Å². The van der Waals surface area contributed by atoms with E-state index in [4.69, 9.17) is 5.26 Å². The van der Waals surface area contributed by atoms with E-state index in [1.54, 1.807) is 6.92 Å². The van der Waals surface area contributed by atoms with Gasteiger partial charge in [0.15, 0.2) is 0 Å². The van der Waals surface area contributed by atoms with Gasteiger partial charge in [0.1, 0.15) is 0 Å². The molecule has 1 heterocycles. The van der Waals surface area contributed by atoms with Crippen LogP contribution < -0.4 is 0 Å². The topological polar surface area (TPSA) is 81.4 Å². The molecule has 1 atom stereocenters. The predicted molar refractivity (Wildman–Crippen MR) is 65.3 cm³/mol. The van der Waals surface area contributed by atoms with Gasteiger partial charge in [-0.15, -0.1) is 0 Å². The van der Waals surface area contributed by atoms with Gasteiger partial charge in [-0.05, 0) is 37.1 Å². The van der Waals surface area contributed by atoms with E-state index in [9.17, 15) is 13.5 Å². The van der Waals surface area contributed by atoms with Crippen molar-refractivity contribution in [2.24, 2.45) is 0 Å². The van der Waals surface area contributed by atoms with E-state index in [-0.39, 0.29) is 11.4 Å². The Labute approximate surface area is 106 Å². The van der Waals surface area contributed by atoms with E-state index in [1.807, 2.05) is 6.07 Å². The Morgan fingerprint density at radius 3 is 2.72 bits per heavy atom. The number of aliphatic hydroxyl groups is 1. The average Bonchev–Trinajstić information content (AvgIpc) is 2.76. The third kappa shape index (κ3) is 2.25. The third-order valence-electron chi connectivity index (χ3n) is 3.08. The number of nitrogens with zero attached hydrogens (tertiary/aromatic N) is 2. The second kappa shape index (κ2) is 4.69. The van der Waals surface area contributed by atoms with Crippen molar-refractivity contribution >= 4 is 10.0 Å². The van der Waals surface area contributed by atoms with Gasteiger partial charge in [0, 0.05) is 13.1 Å². The molecule has 1 N–H and O–H groups in total. The summed E-state index contributed by atoms with van der Waals surface area (Å²) in [6.45, 7) is 2.18. The van der Waals surface area contributed by atoms with Crippen LogP contribution in [-0.2, 0) is 10.0 Å². The van der Waals surface area contributed by atoms with Crippen molar-refractivity contribution in [2.45, 2.75) is 24.3 Å². The highest BCUT2D eigenvalue weighted by Gasteiger charge is 2.31. The number of benzene rings is 1. The summed E-state index contributed by atoms with van der Waals surface area (Å²) in [6, 6.07) is 6.45. The van der Waals surface area contributed by atoms with E-state index in [1.165, 1.54) is 22.5 Å². The van der Waals surface area contributed by atoms with Gasteiger partial charge in [-0.25, -0.2) is 8.42 Å². The summed E-state index contributed by atoms with van der Waals surface area (Å²) in [5.74, 6) is 0. The number of hydrogen-bond acceptors (Lipinski definition) is 4. The molecule has 0 radical (unpaired) electrons. The molecule has 0 aromatic heterocycles. The fourth-order valence-electron chi connectivity index (χ4n) is 2.00. The standard InChI is InChI=1S/C12H14N2O3S/c1-9-6-12(3-2-10(9)7-13)18(16,17)14-5-4-11(15)8-14/h2-3,6,11,15H,4-5,8H2,1H3/t11-/m1/s1. The van der Waals surface area contributed by atoms with Gasteiger partial charge < -0.3 is 5.11 Å². The fourth-order valence-corrected chi connectivity index (χ4v) is 3.58. The molecule has 1 aliphatic rings. The molecule has 6 heteroatoms. The fraction of sp³-hybridized carbons (Fsp3) is 0.417. The summed E-state index contributed by atoms with van der Waals surface area (Å²) in [6.07, 6.45) is -0.117. The Hall–Kier alpha value is -1.42. The first-order valence-electron chi connectivity index (χ1n) is 5.64. The lowest BCUT2D eigenvalue weighted by Crippen LogP contribution is -2.29. The van der Waals surface area contributed by atoms with Crippen LogP contribution in [0.5, 0.6) is 0 Å². The maximum Gasteiger partial charge on any atom is 0.243 e. The quantitative estimate of drug-likeness (QED) is 0.851. The second-order valence-corrected chi connectivity index (χ2v) is 6.33. The Balaban J connectivity index is 2.37. The minimum absolute atomic E-state index is 0.140. The number of hydrogen-bond donors (Lipinski definition) is 1. The van der Waals surface area contributed by atoms with Crippen LogP contribution in [-0.4, -0.2) is 37.0 Å². The number of sulfonamides is 1. The van der Waals surface area contributed by atoms with Crippen molar-refractivity contribution in [2.75, 3.05) is 13.1 Å². The van der Waals surface area contributed by atoms with Gasteiger partial charge in [-0.2, -0.15) is 9.57 Å². The Morgan fingerprint density at radius 2 is 2.22 bits per heavy atom. The van der Waals surface area contributed by atoms with Gasteiger partial charge in [0.2, 0.25) is 10.0 Å². The van der Waals surface area contributed by atoms with Crippen molar-refractivity contribution in [1.82, 2.24) is 4.31 Å². The monoisotopic (exact) mass is 266 g/mol. The zero-order valence-electron chi connectivity index (χ0n) is 10.00. The molecule has 1 aromatic rings. The lowest BCUT2D eigenvalue weighted by molar-refractivity contribution is 0.189. The van der Waals surface area contributed by atoms with Crippen LogP contribution in [0, 0.1) is 18.3 Å². The number of nitriles is 1. The van der Waals surface area contributed by atoms with Crippen LogP contribution >= 0.6 is 0 Å². The first kappa shape index (κ1) is 13.0. The molecule has 2 rings (SSSR count). The van der Waals surface area contributed by atoms with Crippen LogP contribution in [0.2, 0.25) is 0 Å². The SMILES string of the molecule is Cc1cc(S(=O)(=O)N2CC[C@@H](O)C2)ccc1C#N. The molecule has 1 fully saturated rings. The Kier molecular flexibility index (Phi) is 3.39. The second-order valence-electron chi connectivity index (χ2n) is 4.39. The summed E-state index contributed by atoms with van der Waals surface area (Å²) < 4.78 is 25.8. The van der Waals surface area contributed by atoms with Gasteiger partial charge in [-0.3, -0.25) is 0 Å². The smallest absolute Gasteiger partial charge is 0.243 e. The first-order valence-corrected chi connectivity index (χ1v) is 7.08. The number of aryl methyl sites for hydroxylation is 1. The predicted octanol–water partition coefficient (Wildman–Crippen LogP) is 0.622. The lowest BCUT2D eigenvalue weighted by atomic mass is 10.1. The van der Waals surface area contributed by atoms with E-state index in [2.05, 4.69) is 0 Å². The van der Waals surface area contributed by atoms with Gasteiger partial charge in [-0.1, -0.05) is 0 Å². The molecule has 0 saturated carbocycles. The van der Waals surface area contributed by atoms with Crippen molar-refractivity contribution in [3.8, 4) is 6.07 Å². The summed E-state index contributed by atoms with van der Waals surface area (Å²) in [5, 5.41) is 18.2. The van der Waals surface area contributed by atoms with Crippen LogP contribution in [0.3, 0.4) is 0 Å². The number of β-amino-alcohol motifs (C(OH)–C–C–N with tert-alkyl or cyclic N) is 1. The normalized spacial score (nSPS) is 20.8. The molecule has 1 saturated heterocycles. The van der Waals surface area contributed by atoms with E-state index in [0.717, 1.165) is 0 Å². The minimum atomic E-state index is -3.56. The highest BCUT2D eigenvalue weighted by molar-refractivity contribution is 7.89. The maximum absolute atomic E-state index is 12.3. The molecular weight excluding hydrogens is 252 g/mol.